The first-order valence-electron chi connectivity index (χ1n) is 7.00. The molecule has 1 aliphatic heterocycles. The van der Waals surface area contributed by atoms with Gasteiger partial charge in [-0.1, -0.05) is 12.1 Å². The third kappa shape index (κ3) is 3.03. The van der Waals surface area contributed by atoms with Crippen LogP contribution < -0.4 is 10.6 Å². The van der Waals surface area contributed by atoms with Crippen LogP contribution in [0.4, 0.5) is 0 Å². The molecule has 1 aromatic carbocycles. The van der Waals surface area contributed by atoms with Gasteiger partial charge >= 0.3 is 0 Å². The molecule has 1 amide bonds. The van der Waals surface area contributed by atoms with Gasteiger partial charge in [-0.25, -0.2) is 0 Å². The van der Waals surface area contributed by atoms with Crippen molar-refractivity contribution in [2.45, 2.75) is 0 Å². The fraction of sp³-hybridized carbons (Fsp3) is 0.250. The van der Waals surface area contributed by atoms with E-state index in [1.807, 2.05) is 0 Å². The molecule has 0 saturated carbocycles. The third-order valence-corrected chi connectivity index (χ3v) is 3.69. The van der Waals surface area contributed by atoms with E-state index in [1.54, 1.807) is 42.7 Å². The molecule has 5 heteroatoms. The minimum atomic E-state index is -0.0949. The predicted molar refractivity (Wildman–Crippen MR) is 79.4 cm³/mol. The summed E-state index contributed by atoms with van der Waals surface area (Å²) in [5, 5.41) is 6.07. The number of rotatable bonds is 5. The van der Waals surface area contributed by atoms with Crippen molar-refractivity contribution in [2.24, 2.45) is 5.92 Å². The second kappa shape index (κ2) is 5.93. The Morgan fingerprint density at radius 2 is 1.76 bits per heavy atom. The van der Waals surface area contributed by atoms with Gasteiger partial charge in [0.25, 0.3) is 5.91 Å². The Kier molecular flexibility index (Phi) is 3.83. The van der Waals surface area contributed by atoms with E-state index in [2.05, 4.69) is 15.6 Å². The summed E-state index contributed by atoms with van der Waals surface area (Å²) in [6, 6.07) is 8.49. The molecule has 3 rings (SSSR count). The molecule has 1 saturated heterocycles. The highest BCUT2D eigenvalue weighted by Crippen LogP contribution is 2.11. The van der Waals surface area contributed by atoms with E-state index in [0.29, 0.717) is 29.2 Å². The first-order chi connectivity index (χ1) is 10.2. The maximum atomic E-state index is 12.1. The van der Waals surface area contributed by atoms with Crippen LogP contribution in [0.2, 0.25) is 0 Å². The van der Waals surface area contributed by atoms with Crippen LogP contribution in [-0.2, 0) is 0 Å². The molecule has 1 fully saturated rings. The lowest BCUT2D eigenvalue weighted by atomic mass is 10.0. The molecule has 1 aliphatic rings. The maximum absolute atomic E-state index is 12.1. The van der Waals surface area contributed by atoms with Crippen LogP contribution in [0.25, 0.3) is 0 Å². The molecule has 3 N–H and O–H groups in total. The molecule has 0 radical (unpaired) electrons. The molecule has 0 aliphatic carbocycles. The van der Waals surface area contributed by atoms with Crippen LogP contribution in [-0.4, -0.2) is 36.3 Å². The van der Waals surface area contributed by atoms with E-state index < -0.39 is 0 Å². The Balaban J connectivity index is 1.63. The fourth-order valence-electron chi connectivity index (χ4n) is 2.24. The van der Waals surface area contributed by atoms with Crippen LogP contribution in [0, 0.1) is 5.92 Å². The minimum Gasteiger partial charge on any atom is -0.367 e. The first-order valence-corrected chi connectivity index (χ1v) is 7.00. The Bertz CT molecular complexity index is 628. The smallest absolute Gasteiger partial charge is 0.251 e. The highest BCUT2D eigenvalue weighted by molar-refractivity contribution is 6.09. The number of amides is 1. The summed E-state index contributed by atoms with van der Waals surface area (Å²) in [5.41, 5.74) is 1.77. The van der Waals surface area contributed by atoms with Gasteiger partial charge in [0.05, 0.1) is 0 Å². The van der Waals surface area contributed by atoms with Crippen molar-refractivity contribution < 1.29 is 9.59 Å². The lowest BCUT2D eigenvalue weighted by Crippen LogP contribution is -2.48. The number of nitrogens with one attached hydrogen (secondary N) is 3. The van der Waals surface area contributed by atoms with Crippen molar-refractivity contribution in [2.75, 3.05) is 19.6 Å². The van der Waals surface area contributed by atoms with Crippen molar-refractivity contribution in [3.05, 3.63) is 59.4 Å². The molecule has 108 valence electrons. The topological polar surface area (TPSA) is 74.0 Å². The van der Waals surface area contributed by atoms with Gasteiger partial charge in [-0.05, 0) is 18.2 Å². The second-order valence-electron chi connectivity index (χ2n) is 5.24. The molecule has 2 heterocycles. The van der Waals surface area contributed by atoms with Crippen LogP contribution in [0.3, 0.4) is 0 Å². The van der Waals surface area contributed by atoms with Crippen molar-refractivity contribution in [1.29, 1.82) is 0 Å². The second-order valence-corrected chi connectivity index (χ2v) is 5.24. The van der Waals surface area contributed by atoms with E-state index in [-0.39, 0.29) is 11.7 Å². The highest BCUT2D eigenvalue weighted by atomic mass is 16.1. The van der Waals surface area contributed by atoms with Gasteiger partial charge in [-0.15, -0.1) is 0 Å². The largest absolute Gasteiger partial charge is 0.367 e. The summed E-state index contributed by atoms with van der Waals surface area (Å²) in [6.45, 7) is 2.62. The number of hydrogen-bond donors (Lipinski definition) is 3. The molecular weight excluding hydrogens is 266 g/mol. The van der Waals surface area contributed by atoms with Crippen molar-refractivity contribution in [3.63, 3.8) is 0 Å². The molecule has 5 nitrogen and oxygen atoms in total. The zero-order valence-corrected chi connectivity index (χ0v) is 11.6. The lowest BCUT2D eigenvalue weighted by Gasteiger charge is -2.27. The lowest BCUT2D eigenvalue weighted by molar-refractivity contribution is 0.0941. The standard InChI is InChI=1S/C16H17N3O2/c20-15(14-5-6-17-10-14)12-1-3-13(4-2-12)16(21)19-9-11-7-18-8-11/h1-6,10-11,17-18H,7-9H2,(H,19,21). The Labute approximate surface area is 122 Å². The average molecular weight is 283 g/mol. The van der Waals surface area contributed by atoms with Gasteiger partial charge in [0, 0.05) is 54.6 Å². The predicted octanol–water partition coefficient (Wildman–Crippen LogP) is 1.19. The van der Waals surface area contributed by atoms with E-state index in [9.17, 15) is 9.59 Å². The van der Waals surface area contributed by atoms with Crippen LogP contribution in [0.5, 0.6) is 0 Å². The van der Waals surface area contributed by atoms with Gasteiger partial charge in [-0.3, -0.25) is 9.59 Å². The molecule has 0 atom stereocenters. The van der Waals surface area contributed by atoms with Gasteiger partial charge in [0.1, 0.15) is 0 Å². The first kappa shape index (κ1) is 13.6. The van der Waals surface area contributed by atoms with E-state index in [0.717, 1.165) is 13.1 Å². The number of hydrogen-bond acceptors (Lipinski definition) is 3. The summed E-state index contributed by atoms with van der Waals surface area (Å²) >= 11 is 0. The molecule has 2 aromatic rings. The number of H-pyrrole nitrogens is 1. The Morgan fingerprint density at radius 3 is 2.33 bits per heavy atom. The number of aromatic nitrogens is 1. The van der Waals surface area contributed by atoms with Crippen molar-refractivity contribution >= 4 is 11.7 Å². The zero-order chi connectivity index (χ0) is 14.7. The van der Waals surface area contributed by atoms with Crippen LogP contribution in [0.15, 0.2) is 42.7 Å². The average Bonchev–Trinajstić information content (AvgIpc) is 2.99. The van der Waals surface area contributed by atoms with Crippen LogP contribution >= 0.6 is 0 Å². The van der Waals surface area contributed by atoms with E-state index in [4.69, 9.17) is 0 Å². The number of benzene rings is 1. The van der Waals surface area contributed by atoms with E-state index in [1.165, 1.54) is 0 Å². The normalized spacial score (nSPS) is 14.5. The number of ketones is 1. The van der Waals surface area contributed by atoms with Crippen molar-refractivity contribution in [3.8, 4) is 0 Å². The number of carbonyl (C=O) groups is 2. The summed E-state index contributed by atoms with van der Waals surface area (Å²) in [7, 11) is 0. The quantitative estimate of drug-likeness (QED) is 0.722. The maximum Gasteiger partial charge on any atom is 0.251 e. The fourth-order valence-corrected chi connectivity index (χ4v) is 2.24. The third-order valence-electron chi connectivity index (χ3n) is 3.69. The summed E-state index contributed by atoms with van der Waals surface area (Å²) in [4.78, 5) is 27.0. The van der Waals surface area contributed by atoms with Gasteiger partial charge in [0.2, 0.25) is 0 Å². The summed E-state index contributed by atoms with van der Waals surface area (Å²) in [6.07, 6.45) is 3.37. The van der Waals surface area contributed by atoms with E-state index >= 15 is 0 Å². The number of aromatic amines is 1. The van der Waals surface area contributed by atoms with Crippen molar-refractivity contribution in [1.82, 2.24) is 15.6 Å². The van der Waals surface area contributed by atoms with Gasteiger partial charge in [-0.2, -0.15) is 0 Å². The summed E-state index contributed by atoms with van der Waals surface area (Å²) < 4.78 is 0. The molecule has 21 heavy (non-hydrogen) atoms. The number of carbonyl (C=O) groups excluding carboxylic acids is 2. The van der Waals surface area contributed by atoms with Crippen LogP contribution in [0.1, 0.15) is 26.3 Å². The molecule has 0 bridgehead atoms. The zero-order valence-electron chi connectivity index (χ0n) is 11.6. The molecule has 0 spiro atoms. The van der Waals surface area contributed by atoms with Gasteiger partial charge in [0.15, 0.2) is 5.78 Å². The monoisotopic (exact) mass is 283 g/mol. The summed E-state index contributed by atoms with van der Waals surface area (Å²) in [5.74, 6) is 0.384. The molecular formula is C16H17N3O2. The molecule has 0 unspecified atom stereocenters. The Morgan fingerprint density at radius 1 is 1.05 bits per heavy atom. The molecule has 1 aromatic heterocycles. The SMILES string of the molecule is O=C(NCC1CNC1)c1ccc(C(=O)c2cc[nH]c2)cc1. The minimum absolute atomic E-state index is 0.0521. The van der Waals surface area contributed by atoms with Gasteiger partial charge < -0.3 is 15.6 Å². The Hall–Kier alpha value is -2.40. The highest BCUT2D eigenvalue weighted by Gasteiger charge is 2.17.